The Labute approximate surface area is 115 Å². The smallest absolute Gasteiger partial charge is 0.224 e. The van der Waals surface area contributed by atoms with Gasteiger partial charge in [0.05, 0.1) is 6.42 Å². The van der Waals surface area contributed by atoms with Crippen molar-refractivity contribution in [2.24, 2.45) is 5.92 Å². The summed E-state index contributed by atoms with van der Waals surface area (Å²) >= 11 is 0. The van der Waals surface area contributed by atoms with Crippen LogP contribution >= 0.6 is 0 Å². The molecule has 2 atom stereocenters. The maximum atomic E-state index is 11.9. The summed E-state index contributed by atoms with van der Waals surface area (Å²) in [4.78, 5) is 11.9. The zero-order valence-corrected chi connectivity index (χ0v) is 11.9. The summed E-state index contributed by atoms with van der Waals surface area (Å²) in [5.41, 5.74) is 2.29. The van der Waals surface area contributed by atoms with E-state index in [-0.39, 0.29) is 5.91 Å². The van der Waals surface area contributed by atoms with Gasteiger partial charge in [-0.1, -0.05) is 36.8 Å². The van der Waals surface area contributed by atoms with Crippen molar-refractivity contribution in [1.82, 2.24) is 10.6 Å². The lowest BCUT2D eigenvalue weighted by Crippen LogP contribution is -2.48. The van der Waals surface area contributed by atoms with E-state index < -0.39 is 0 Å². The predicted molar refractivity (Wildman–Crippen MR) is 78.1 cm³/mol. The van der Waals surface area contributed by atoms with Crippen LogP contribution in [0.2, 0.25) is 0 Å². The van der Waals surface area contributed by atoms with Crippen LogP contribution in [0.5, 0.6) is 0 Å². The molecule has 3 nitrogen and oxygen atoms in total. The van der Waals surface area contributed by atoms with Gasteiger partial charge >= 0.3 is 0 Å². The van der Waals surface area contributed by atoms with E-state index in [0.29, 0.717) is 18.4 Å². The van der Waals surface area contributed by atoms with E-state index in [2.05, 4.69) is 36.6 Å². The molecule has 0 aromatic heterocycles. The molecular weight excluding hydrogens is 236 g/mol. The summed E-state index contributed by atoms with van der Waals surface area (Å²) in [7, 11) is 0. The molecule has 0 saturated carbocycles. The summed E-state index contributed by atoms with van der Waals surface area (Å²) in [5, 5.41) is 6.53. The summed E-state index contributed by atoms with van der Waals surface area (Å²) in [6, 6.07) is 8.56. The van der Waals surface area contributed by atoms with E-state index >= 15 is 0 Å². The number of benzene rings is 1. The summed E-state index contributed by atoms with van der Waals surface area (Å²) < 4.78 is 0. The number of aryl methyl sites for hydroxylation is 1. The van der Waals surface area contributed by atoms with E-state index in [1.165, 1.54) is 18.4 Å². The lowest BCUT2D eigenvalue weighted by atomic mass is 9.93. The zero-order chi connectivity index (χ0) is 13.7. The molecule has 1 aromatic carbocycles. The van der Waals surface area contributed by atoms with Gasteiger partial charge < -0.3 is 10.6 Å². The van der Waals surface area contributed by atoms with Crippen LogP contribution in [0, 0.1) is 12.8 Å². The molecule has 2 N–H and O–H groups in total. The second kappa shape index (κ2) is 6.71. The van der Waals surface area contributed by atoms with Gasteiger partial charge in [-0.3, -0.25) is 4.79 Å². The highest BCUT2D eigenvalue weighted by Gasteiger charge is 2.20. The quantitative estimate of drug-likeness (QED) is 0.870. The van der Waals surface area contributed by atoms with E-state index in [0.717, 1.165) is 18.7 Å². The Hall–Kier alpha value is -1.35. The molecule has 1 fully saturated rings. The molecule has 1 aliphatic heterocycles. The molecule has 1 saturated heterocycles. The average Bonchev–Trinajstić information content (AvgIpc) is 2.38. The molecule has 2 unspecified atom stereocenters. The first-order valence-electron chi connectivity index (χ1n) is 7.21. The van der Waals surface area contributed by atoms with Crippen molar-refractivity contribution in [2.45, 2.75) is 39.2 Å². The first-order valence-corrected chi connectivity index (χ1v) is 7.21. The highest BCUT2D eigenvalue weighted by Crippen LogP contribution is 2.14. The number of piperidine rings is 1. The third-order valence-corrected chi connectivity index (χ3v) is 3.90. The Morgan fingerprint density at radius 1 is 1.47 bits per heavy atom. The first-order chi connectivity index (χ1) is 9.15. The Bertz CT molecular complexity index is 431. The van der Waals surface area contributed by atoms with Crippen LogP contribution in [-0.4, -0.2) is 25.0 Å². The SMILES string of the molecule is Cc1cccc(CC(=O)NCC2NCCCC2C)c1. The molecule has 0 bridgehead atoms. The van der Waals surface area contributed by atoms with Crippen LogP contribution in [0.1, 0.15) is 30.9 Å². The second-order valence-electron chi connectivity index (χ2n) is 5.65. The van der Waals surface area contributed by atoms with Gasteiger partial charge in [0, 0.05) is 12.6 Å². The monoisotopic (exact) mass is 260 g/mol. The van der Waals surface area contributed by atoms with Gasteiger partial charge in [-0.25, -0.2) is 0 Å². The molecule has 19 heavy (non-hydrogen) atoms. The van der Waals surface area contributed by atoms with Crippen molar-refractivity contribution in [3.8, 4) is 0 Å². The van der Waals surface area contributed by atoms with E-state index in [1.807, 2.05) is 12.1 Å². The molecule has 0 spiro atoms. The number of amides is 1. The highest BCUT2D eigenvalue weighted by atomic mass is 16.1. The average molecular weight is 260 g/mol. The predicted octanol–water partition coefficient (Wildman–Crippen LogP) is 2.04. The topological polar surface area (TPSA) is 41.1 Å². The van der Waals surface area contributed by atoms with E-state index in [9.17, 15) is 4.79 Å². The Balaban J connectivity index is 1.78. The van der Waals surface area contributed by atoms with Crippen LogP contribution in [0.4, 0.5) is 0 Å². The lowest BCUT2D eigenvalue weighted by Gasteiger charge is -2.30. The third kappa shape index (κ3) is 4.35. The van der Waals surface area contributed by atoms with Crippen LogP contribution in [-0.2, 0) is 11.2 Å². The standard InChI is InChI=1S/C16H24N2O/c1-12-5-3-7-14(9-12)10-16(19)18-11-15-13(2)6-4-8-17-15/h3,5,7,9,13,15,17H,4,6,8,10-11H2,1-2H3,(H,18,19). The van der Waals surface area contributed by atoms with Gasteiger partial charge in [0.25, 0.3) is 0 Å². The molecule has 104 valence electrons. The first kappa shape index (κ1) is 14.1. The fourth-order valence-corrected chi connectivity index (χ4v) is 2.68. The number of carbonyl (C=O) groups is 1. The Morgan fingerprint density at radius 3 is 3.05 bits per heavy atom. The number of hydrogen-bond donors (Lipinski definition) is 2. The fraction of sp³-hybridized carbons (Fsp3) is 0.562. The van der Waals surface area contributed by atoms with Crippen molar-refractivity contribution >= 4 is 5.91 Å². The number of carbonyl (C=O) groups excluding carboxylic acids is 1. The minimum atomic E-state index is 0.116. The molecule has 2 rings (SSSR count). The van der Waals surface area contributed by atoms with Crippen LogP contribution in [0.15, 0.2) is 24.3 Å². The molecule has 0 aliphatic carbocycles. The van der Waals surface area contributed by atoms with Gasteiger partial charge in [0.15, 0.2) is 0 Å². The summed E-state index contributed by atoms with van der Waals surface area (Å²) in [6.07, 6.45) is 2.98. The largest absolute Gasteiger partial charge is 0.354 e. The van der Waals surface area contributed by atoms with Gasteiger partial charge in [0.2, 0.25) is 5.91 Å². The van der Waals surface area contributed by atoms with Crippen molar-refractivity contribution in [3.63, 3.8) is 0 Å². The Morgan fingerprint density at radius 2 is 2.32 bits per heavy atom. The lowest BCUT2D eigenvalue weighted by molar-refractivity contribution is -0.120. The zero-order valence-electron chi connectivity index (χ0n) is 11.9. The van der Waals surface area contributed by atoms with Crippen LogP contribution < -0.4 is 10.6 Å². The number of nitrogens with one attached hydrogen (secondary N) is 2. The van der Waals surface area contributed by atoms with Crippen LogP contribution in [0.3, 0.4) is 0 Å². The highest BCUT2D eigenvalue weighted by molar-refractivity contribution is 5.78. The summed E-state index contributed by atoms with van der Waals surface area (Å²) in [6.45, 7) is 6.12. The van der Waals surface area contributed by atoms with Crippen LogP contribution in [0.25, 0.3) is 0 Å². The van der Waals surface area contributed by atoms with Gasteiger partial charge in [0.1, 0.15) is 0 Å². The summed E-state index contributed by atoms with van der Waals surface area (Å²) in [5.74, 6) is 0.762. The maximum Gasteiger partial charge on any atom is 0.224 e. The van der Waals surface area contributed by atoms with Crippen molar-refractivity contribution < 1.29 is 4.79 Å². The van der Waals surface area contributed by atoms with Gasteiger partial charge in [-0.15, -0.1) is 0 Å². The van der Waals surface area contributed by atoms with E-state index in [1.54, 1.807) is 0 Å². The Kier molecular flexibility index (Phi) is 4.97. The second-order valence-corrected chi connectivity index (χ2v) is 5.65. The van der Waals surface area contributed by atoms with Crippen molar-refractivity contribution in [3.05, 3.63) is 35.4 Å². The minimum absolute atomic E-state index is 0.116. The third-order valence-electron chi connectivity index (χ3n) is 3.90. The van der Waals surface area contributed by atoms with Crippen molar-refractivity contribution in [2.75, 3.05) is 13.1 Å². The van der Waals surface area contributed by atoms with Gasteiger partial charge in [-0.05, 0) is 37.8 Å². The molecule has 1 aromatic rings. The number of hydrogen-bond acceptors (Lipinski definition) is 2. The maximum absolute atomic E-state index is 11.9. The van der Waals surface area contributed by atoms with Crippen molar-refractivity contribution in [1.29, 1.82) is 0 Å². The number of rotatable bonds is 4. The molecular formula is C16H24N2O. The van der Waals surface area contributed by atoms with Gasteiger partial charge in [-0.2, -0.15) is 0 Å². The molecule has 3 heteroatoms. The molecule has 1 aliphatic rings. The molecule has 0 radical (unpaired) electrons. The minimum Gasteiger partial charge on any atom is -0.354 e. The molecule has 1 amide bonds. The molecule has 1 heterocycles. The van der Waals surface area contributed by atoms with E-state index in [4.69, 9.17) is 0 Å². The normalized spacial score (nSPS) is 23.1. The fourth-order valence-electron chi connectivity index (χ4n) is 2.68.